The van der Waals surface area contributed by atoms with E-state index >= 15 is 0 Å². The highest BCUT2D eigenvalue weighted by Crippen LogP contribution is 2.36. The van der Waals surface area contributed by atoms with Crippen molar-refractivity contribution in [3.63, 3.8) is 0 Å². The molecule has 8 heteroatoms. The Hall–Kier alpha value is -3.68. The zero-order valence-electron chi connectivity index (χ0n) is 19.2. The second-order valence-corrected chi connectivity index (χ2v) is 10.7. The number of carbonyl (C=O) groups excluding carboxylic acids is 1. The zero-order chi connectivity index (χ0) is 25.4. The molecule has 0 bridgehead atoms. The third-order valence-corrected chi connectivity index (χ3v) is 8.08. The molecule has 4 aromatic carbocycles. The first-order valence-electron chi connectivity index (χ1n) is 11.2. The Morgan fingerprint density at radius 1 is 0.917 bits per heavy atom. The van der Waals surface area contributed by atoms with Gasteiger partial charge in [-0.05, 0) is 60.5 Å². The summed E-state index contributed by atoms with van der Waals surface area (Å²) in [6.07, 6.45) is 0. The molecule has 0 N–H and O–H groups in total. The predicted octanol–water partition coefficient (Wildman–Crippen LogP) is 6.67. The van der Waals surface area contributed by atoms with Crippen LogP contribution in [0.25, 0.3) is 21.8 Å². The predicted molar refractivity (Wildman–Crippen MR) is 138 cm³/mol. The van der Waals surface area contributed by atoms with Crippen molar-refractivity contribution in [2.45, 2.75) is 24.3 Å². The second-order valence-electron chi connectivity index (χ2n) is 8.48. The lowest BCUT2D eigenvalue weighted by Gasteiger charge is -2.14. The van der Waals surface area contributed by atoms with E-state index in [1.165, 1.54) is 22.2 Å². The Bertz CT molecular complexity index is 1710. The van der Waals surface area contributed by atoms with Crippen LogP contribution in [0.5, 0.6) is 0 Å². The number of hydrogen-bond donors (Lipinski definition) is 0. The first-order valence-corrected chi connectivity index (χ1v) is 13.0. The summed E-state index contributed by atoms with van der Waals surface area (Å²) >= 11 is 6.22. The average molecular weight is 522 g/mol. The van der Waals surface area contributed by atoms with Crippen molar-refractivity contribution in [3.8, 4) is 0 Å². The molecule has 0 amide bonds. The summed E-state index contributed by atoms with van der Waals surface area (Å²) in [5.41, 5.74) is 2.21. The lowest BCUT2D eigenvalue weighted by Crippen LogP contribution is -2.15. The van der Waals surface area contributed by atoms with Crippen LogP contribution in [0.1, 0.15) is 24.0 Å². The van der Waals surface area contributed by atoms with Crippen LogP contribution in [0.15, 0.2) is 95.9 Å². The summed E-state index contributed by atoms with van der Waals surface area (Å²) in [7, 11) is -4.18. The fraction of sp³-hybridized carbons (Fsp3) is 0.107. The van der Waals surface area contributed by atoms with E-state index in [1.807, 2.05) is 30.3 Å². The maximum atomic E-state index is 13.9. The van der Waals surface area contributed by atoms with Crippen molar-refractivity contribution in [2.75, 3.05) is 0 Å². The number of carbonyl (C=O) groups is 1. The molecule has 1 heterocycles. The minimum Gasteiger partial charge on any atom is -0.460 e. The lowest BCUT2D eigenvalue weighted by atomic mass is 9.99. The van der Waals surface area contributed by atoms with Crippen LogP contribution in [0.3, 0.4) is 0 Å². The van der Waals surface area contributed by atoms with Gasteiger partial charge in [0.2, 0.25) is 0 Å². The first kappa shape index (κ1) is 24.0. The highest BCUT2D eigenvalue weighted by atomic mass is 35.5. The van der Waals surface area contributed by atoms with E-state index < -0.39 is 27.7 Å². The van der Waals surface area contributed by atoms with Gasteiger partial charge in [-0.25, -0.2) is 16.8 Å². The minimum atomic E-state index is -4.18. The van der Waals surface area contributed by atoms with Gasteiger partial charge in [0.25, 0.3) is 10.0 Å². The summed E-state index contributed by atoms with van der Waals surface area (Å²) in [5.74, 6) is -1.74. The summed E-state index contributed by atoms with van der Waals surface area (Å²) in [6, 6.07) is 24.3. The molecule has 0 aliphatic rings. The van der Waals surface area contributed by atoms with Crippen LogP contribution in [-0.2, 0) is 26.2 Å². The summed E-state index contributed by atoms with van der Waals surface area (Å²) in [4.78, 5) is 12.6. The van der Waals surface area contributed by atoms with Crippen LogP contribution < -0.4 is 0 Å². The fourth-order valence-electron chi connectivity index (χ4n) is 4.23. The summed E-state index contributed by atoms with van der Waals surface area (Å²) in [5, 5.41) is 1.72. The van der Waals surface area contributed by atoms with E-state index in [9.17, 15) is 17.6 Å². The Balaban J connectivity index is 1.61. The average Bonchev–Trinajstić information content (AvgIpc) is 3.21. The van der Waals surface area contributed by atoms with Crippen molar-refractivity contribution >= 4 is 49.4 Å². The third kappa shape index (κ3) is 4.36. The molecular formula is C28H21ClFNO4S. The van der Waals surface area contributed by atoms with Gasteiger partial charge in [-0.15, -0.1) is 0 Å². The smallest absolute Gasteiger partial charge is 0.313 e. The number of fused-ring (bicyclic) bond motifs is 3. The molecule has 1 aromatic heterocycles. The van der Waals surface area contributed by atoms with Crippen LogP contribution in [0, 0.1) is 5.82 Å². The molecule has 1 atom stereocenters. The highest BCUT2D eigenvalue weighted by Gasteiger charge is 2.26. The molecule has 0 aliphatic carbocycles. The van der Waals surface area contributed by atoms with Gasteiger partial charge in [0.15, 0.2) is 0 Å². The topological polar surface area (TPSA) is 65.4 Å². The van der Waals surface area contributed by atoms with Crippen LogP contribution in [0.4, 0.5) is 4.39 Å². The number of benzene rings is 4. The van der Waals surface area contributed by atoms with E-state index in [0.717, 1.165) is 11.6 Å². The molecule has 0 spiro atoms. The van der Waals surface area contributed by atoms with E-state index in [-0.39, 0.29) is 11.5 Å². The molecule has 0 saturated heterocycles. The van der Waals surface area contributed by atoms with Gasteiger partial charge >= 0.3 is 5.97 Å². The second kappa shape index (κ2) is 9.41. The summed E-state index contributed by atoms with van der Waals surface area (Å²) < 4.78 is 48.0. The van der Waals surface area contributed by atoms with Crippen molar-refractivity contribution in [1.82, 2.24) is 3.97 Å². The molecule has 0 fully saturated rings. The van der Waals surface area contributed by atoms with E-state index in [0.29, 0.717) is 32.4 Å². The Morgan fingerprint density at radius 3 is 2.44 bits per heavy atom. The molecule has 36 heavy (non-hydrogen) atoms. The quantitative estimate of drug-likeness (QED) is 0.234. The number of ether oxygens (including phenoxy) is 1. The lowest BCUT2D eigenvalue weighted by molar-refractivity contribution is -0.146. The van der Waals surface area contributed by atoms with Gasteiger partial charge < -0.3 is 4.74 Å². The highest BCUT2D eigenvalue weighted by molar-refractivity contribution is 7.90. The number of esters is 1. The van der Waals surface area contributed by atoms with Gasteiger partial charge in [0.1, 0.15) is 12.4 Å². The molecule has 5 nitrogen and oxygen atoms in total. The van der Waals surface area contributed by atoms with Crippen LogP contribution in [0.2, 0.25) is 5.02 Å². The number of rotatable bonds is 6. The van der Waals surface area contributed by atoms with Gasteiger partial charge in [0.05, 0.1) is 21.8 Å². The molecule has 1 unspecified atom stereocenters. The van der Waals surface area contributed by atoms with Crippen molar-refractivity contribution in [3.05, 3.63) is 113 Å². The van der Waals surface area contributed by atoms with Gasteiger partial charge in [-0.3, -0.25) is 4.79 Å². The van der Waals surface area contributed by atoms with Crippen molar-refractivity contribution in [1.29, 1.82) is 0 Å². The van der Waals surface area contributed by atoms with E-state index in [2.05, 4.69) is 0 Å². The number of nitrogens with zero attached hydrogens (tertiary/aromatic N) is 1. The monoisotopic (exact) mass is 521 g/mol. The maximum Gasteiger partial charge on any atom is 0.313 e. The van der Waals surface area contributed by atoms with Crippen molar-refractivity contribution < 1.29 is 22.3 Å². The van der Waals surface area contributed by atoms with E-state index in [1.54, 1.807) is 43.3 Å². The zero-order valence-corrected chi connectivity index (χ0v) is 20.8. The third-order valence-electron chi connectivity index (χ3n) is 6.12. The molecule has 0 saturated carbocycles. The van der Waals surface area contributed by atoms with E-state index in [4.69, 9.17) is 16.3 Å². The van der Waals surface area contributed by atoms with Gasteiger partial charge in [0, 0.05) is 15.8 Å². The summed E-state index contributed by atoms with van der Waals surface area (Å²) in [6.45, 7) is 1.85. The molecule has 5 rings (SSSR count). The first-order chi connectivity index (χ1) is 17.3. The van der Waals surface area contributed by atoms with Crippen LogP contribution in [-0.4, -0.2) is 18.4 Å². The molecule has 5 aromatic rings. The standard InChI is InChI=1S/C28H21ClFNO4S/c1-18(28(32)35-17-19-6-3-2-4-7-19)20-10-12-24-25-15-21(29)11-13-26(25)31(27(24)14-20)36(33,34)23-9-5-8-22(30)16-23/h2-16,18H,17H2,1H3. The van der Waals surface area contributed by atoms with Crippen LogP contribution >= 0.6 is 11.6 Å². The number of halogens is 2. The van der Waals surface area contributed by atoms with Gasteiger partial charge in [-0.1, -0.05) is 60.1 Å². The largest absolute Gasteiger partial charge is 0.460 e. The Labute approximate surface area is 212 Å². The SMILES string of the molecule is CC(C(=O)OCc1ccccc1)c1ccc2c3cc(Cl)ccc3n(S(=O)(=O)c3cccc(F)c3)c2c1. The van der Waals surface area contributed by atoms with Gasteiger partial charge in [-0.2, -0.15) is 0 Å². The maximum absolute atomic E-state index is 13.9. The normalized spacial score (nSPS) is 12.6. The Kier molecular flexibility index (Phi) is 6.28. The molecular weight excluding hydrogens is 501 g/mol. The number of hydrogen-bond acceptors (Lipinski definition) is 4. The number of aromatic nitrogens is 1. The Morgan fingerprint density at radius 2 is 1.69 bits per heavy atom. The fourth-order valence-corrected chi connectivity index (χ4v) is 5.95. The molecule has 182 valence electrons. The molecule has 0 aliphatic heterocycles. The molecule has 0 radical (unpaired) electrons. The minimum absolute atomic E-state index is 0.138. The van der Waals surface area contributed by atoms with Crippen molar-refractivity contribution in [2.24, 2.45) is 0 Å².